The third-order valence-electron chi connectivity index (χ3n) is 9.41. The van der Waals surface area contributed by atoms with Crippen molar-refractivity contribution in [3.8, 4) is 0 Å². The van der Waals surface area contributed by atoms with Crippen LogP contribution in [0.4, 0.5) is 0 Å². The molecule has 0 radical (unpaired) electrons. The summed E-state index contributed by atoms with van der Waals surface area (Å²) >= 11 is 0. The van der Waals surface area contributed by atoms with E-state index in [1.54, 1.807) is 0 Å². The topological polar surface area (TPSA) is 26.3 Å². The highest BCUT2D eigenvalue weighted by Crippen LogP contribution is 2.32. The lowest BCUT2D eigenvalue weighted by Crippen LogP contribution is -2.32. The fourth-order valence-electron chi connectivity index (χ4n) is 6.35. The molecule has 0 aromatic carbocycles. The number of hydrogen-bond donors (Lipinski definition) is 0. The van der Waals surface area contributed by atoms with E-state index in [1.807, 2.05) is 0 Å². The van der Waals surface area contributed by atoms with Crippen molar-refractivity contribution < 1.29 is 9.53 Å². The molecule has 0 aromatic heterocycles. The smallest absolute Gasteiger partial charge is 0.321 e. The van der Waals surface area contributed by atoms with Gasteiger partial charge in [0.2, 0.25) is 0 Å². The van der Waals surface area contributed by atoms with E-state index in [-0.39, 0.29) is 11.9 Å². The van der Waals surface area contributed by atoms with Gasteiger partial charge in [0.05, 0.1) is 0 Å². The van der Waals surface area contributed by atoms with Crippen LogP contribution >= 0.6 is 0 Å². The van der Waals surface area contributed by atoms with Gasteiger partial charge in [0.1, 0.15) is 11.7 Å². The van der Waals surface area contributed by atoms with Gasteiger partial charge in [-0.3, -0.25) is 4.79 Å². The Kier molecular flexibility index (Phi) is 30.6. The van der Waals surface area contributed by atoms with Crippen LogP contribution in [0, 0.1) is 5.92 Å². The van der Waals surface area contributed by atoms with Gasteiger partial charge >= 0.3 is 5.97 Å². The minimum absolute atomic E-state index is 0.000171. The average molecular weight is 613 g/mol. The molecular weight excluding hydrogens is 536 g/mol. The summed E-state index contributed by atoms with van der Waals surface area (Å²) in [6, 6.07) is 0. The number of allylic oxidation sites excluding steroid dienone is 5. The molecule has 0 bridgehead atoms. The third kappa shape index (κ3) is 26.0. The first-order valence-electron chi connectivity index (χ1n) is 20.0. The summed E-state index contributed by atoms with van der Waals surface area (Å²) in [6.45, 7) is 4.58. The Balaban J connectivity index is 1.87. The zero-order valence-electron chi connectivity index (χ0n) is 29.9. The molecule has 0 aliphatic carbocycles. The molecule has 0 aromatic rings. The maximum absolute atomic E-state index is 12.0. The Morgan fingerprint density at radius 3 is 1.14 bits per heavy atom. The van der Waals surface area contributed by atoms with Gasteiger partial charge in [-0.2, -0.15) is 0 Å². The lowest BCUT2D eigenvalue weighted by Gasteiger charge is -2.28. The quantitative estimate of drug-likeness (QED) is 0.0410. The number of esters is 1. The number of rotatable bonds is 34. The molecular formula is C42H76O2. The predicted molar refractivity (Wildman–Crippen MR) is 195 cm³/mol. The van der Waals surface area contributed by atoms with Crippen LogP contribution in [0.3, 0.4) is 0 Å². The number of unbranched alkanes of at least 4 members (excludes halogenated alkanes) is 27. The molecule has 2 nitrogen and oxygen atoms in total. The molecule has 1 rings (SSSR count). The van der Waals surface area contributed by atoms with E-state index < -0.39 is 0 Å². The van der Waals surface area contributed by atoms with Crippen LogP contribution in [0.1, 0.15) is 219 Å². The summed E-state index contributed by atoms with van der Waals surface area (Å²) in [5, 5.41) is 0. The average Bonchev–Trinajstić information content (AvgIpc) is 3.03. The molecule has 0 amide bonds. The van der Waals surface area contributed by atoms with Crippen LogP contribution < -0.4 is 0 Å². The van der Waals surface area contributed by atoms with Crippen molar-refractivity contribution in [1.29, 1.82) is 0 Å². The second-order valence-electron chi connectivity index (χ2n) is 13.7. The predicted octanol–water partition coefficient (Wildman–Crippen LogP) is 14.7. The minimum atomic E-state index is 0.000171. The molecule has 1 aliphatic rings. The standard InChI is InChI=1S/C42H76O2/c1-3-5-7-9-11-13-15-17-19-21-23-25-27-29-31-33-35-37-39-41-40(42(43)44-41)38-36-34-32-30-28-26-24-22-20-18-16-14-12-10-8-6-4-2/h25-28,39-40H,3-24,29-38H2,1-2H3/b27-25+,28-26+,41-39+. The summed E-state index contributed by atoms with van der Waals surface area (Å²) in [5.41, 5.74) is 0. The number of cyclic esters (lactones) is 1. The van der Waals surface area contributed by atoms with Crippen LogP contribution in [0.25, 0.3) is 0 Å². The Bertz CT molecular complexity index is 703. The van der Waals surface area contributed by atoms with E-state index in [9.17, 15) is 4.79 Å². The van der Waals surface area contributed by atoms with Crippen molar-refractivity contribution in [2.24, 2.45) is 5.92 Å². The first-order valence-corrected chi connectivity index (χ1v) is 20.0. The number of ether oxygens (including phenoxy) is 1. The van der Waals surface area contributed by atoms with Gasteiger partial charge in [-0.15, -0.1) is 0 Å². The van der Waals surface area contributed by atoms with E-state index in [4.69, 9.17) is 4.74 Å². The van der Waals surface area contributed by atoms with Crippen LogP contribution in [0.15, 0.2) is 36.1 Å². The first-order chi connectivity index (χ1) is 21.8. The van der Waals surface area contributed by atoms with E-state index >= 15 is 0 Å². The van der Waals surface area contributed by atoms with Gasteiger partial charge in [-0.1, -0.05) is 173 Å². The highest BCUT2D eigenvalue weighted by Gasteiger charge is 2.36. The van der Waals surface area contributed by atoms with Crippen LogP contribution in [0.2, 0.25) is 0 Å². The summed E-state index contributed by atoms with van der Waals surface area (Å²) < 4.78 is 5.37. The van der Waals surface area contributed by atoms with Gasteiger partial charge in [0, 0.05) is 0 Å². The summed E-state index contributed by atoms with van der Waals surface area (Å²) in [7, 11) is 0. The maximum atomic E-state index is 12.0. The van der Waals surface area contributed by atoms with E-state index in [2.05, 4.69) is 44.2 Å². The van der Waals surface area contributed by atoms with Gasteiger partial charge in [-0.05, 0) is 76.7 Å². The summed E-state index contributed by atoms with van der Waals surface area (Å²) in [4.78, 5) is 12.0. The second-order valence-corrected chi connectivity index (χ2v) is 13.7. The van der Waals surface area contributed by atoms with Gasteiger partial charge < -0.3 is 4.74 Å². The molecule has 1 saturated heterocycles. The number of carbonyl (C=O) groups is 1. The van der Waals surface area contributed by atoms with Gasteiger partial charge in [0.25, 0.3) is 0 Å². The van der Waals surface area contributed by atoms with Crippen molar-refractivity contribution in [2.75, 3.05) is 0 Å². The van der Waals surface area contributed by atoms with Crippen molar-refractivity contribution in [3.63, 3.8) is 0 Å². The van der Waals surface area contributed by atoms with Crippen molar-refractivity contribution in [1.82, 2.24) is 0 Å². The van der Waals surface area contributed by atoms with Crippen molar-refractivity contribution in [2.45, 2.75) is 219 Å². The molecule has 44 heavy (non-hydrogen) atoms. The second kappa shape index (κ2) is 33.1. The fraction of sp³-hybridized carbons (Fsp3) is 0.833. The Morgan fingerprint density at radius 2 is 0.750 bits per heavy atom. The molecule has 2 heteroatoms. The van der Waals surface area contributed by atoms with Gasteiger partial charge in [-0.25, -0.2) is 0 Å². The van der Waals surface area contributed by atoms with Crippen LogP contribution in [-0.2, 0) is 9.53 Å². The SMILES string of the molecule is CCCCCCCCCCCC/C=C/CCCCC/C=C1/OC(=O)C1CCCCC/C=C/CCCCCCCCCCCC. The molecule has 1 heterocycles. The molecule has 0 spiro atoms. The maximum Gasteiger partial charge on any atom is 0.321 e. The zero-order chi connectivity index (χ0) is 31.6. The lowest BCUT2D eigenvalue weighted by atomic mass is 9.93. The van der Waals surface area contributed by atoms with Gasteiger partial charge in [0.15, 0.2) is 0 Å². The summed E-state index contributed by atoms with van der Waals surface area (Å²) in [5.74, 6) is 1.01. The Hall–Kier alpha value is -1.31. The number of carbonyl (C=O) groups excluding carboxylic acids is 1. The molecule has 256 valence electrons. The first kappa shape index (κ1) is 40.7. The molecule has 0 saturated carbocycles. The monoisotopic (exact) mass is 613 g/mol. The lowest BCUT2D eigenvalue weighted by molar-refractivity contribution is -0.157. The highest BCUT2D eigenvalue weighted by atomic mass is 16.6. The van der Waals surface area contributed by atoms with Crippen LogP contribution in [-0.4, -0.2) is 5.97 Å². The zero-order valence-corrected chi connectivity index (χ0v) is 29.9. The molecule has 1 fully saturated rings. The van der Waals surface area contributed by atoms with E-state index in [0.717, 1.165) is 25.0 Å². The molecule has 0 N–H and O–H groups in total. The van der Waals surface area contributed by atoms with E-state index in [1.165, 1.54) is 186 Å². The van der Waals surface area contributed by atoms with Crippen molar-refractivity contribution in [3.05, 3.63) is 36.1 Å². The normalized spacial score (nSPS) is 16.0. The largest absolute Gasteiger partial charge is 0.430 e. The molecule has 1 atom stereocenters. The van der Waals surface area contributed by atoms with E-state index in [0.29, 0.717) is 0 Å². The van der Waals surface area contributed by atoms with Crippen molar-refractivity contribution >= 4 is 5.97 Å². The minimum Gasteiger partial charge on any atom is -0.430 e. The van der Waals surface area contributed by atoms with Crippen LogP contribution in [0.5, 0.6) is 0 Å². The summed E-state index contributed by atoms with van der Waals surface area (Å²) in [6.07, 6.45) is 54.3. The number of hydrogen-bond acceptors (Lipinski definition) is 2. The Morgan fingerprint density at radius 1 is 0.432 bits per heavy atom. The highest BCUT2D eigenvalue weighted by molar-refractivity contribution is 5.82. The fourth-order valence-corrected chi connectivity index (χ4v) is 6.35. The molecule has 1 unspecified atom stereocenters. The Labute approximate surface area is 276 Å². The third-order valence-corrected chi connectivity index (χ3v) is 9.41. The molecule has 1 aliphatic heterocycles.